The van der Waals surface area contributed by atoms with Gasteiger partial charge >= 0.3 is 0 Å². The number of rotatable bonds is 1. The SMILES string of the molecule is FCO[SiH3]. The van der Waals surface area contributed by atoms with E-state index in [4.69, 9.17) is 0 Å². The number of hydrogen-bond acceptors (Lipinski definition) is 1. The van der Waals surface area contributed by atoms with Gasteiger partial charge in [0.15, 0.2) is 6.86 Å². The molecule has 0 atom stereocenters. The topological polar surface area (TPSA) is 9.23 Å². The van der Waals surface area contributed by atoms with Crippen LogP contribution in [0, 0.1) is 0 Å². The summed E-state index contributed by atoms with van der Waals surface area (Å²) in [7, 11) is 0.515. The van der Waals surface area contributed by atoms with E-state index < -0.39 is 6.86 Å². The van der Waals surface area contributed by atoms with Crippen molar-refractivity contribution in [2.45, 2.75) is 0 Å². The largest absolute Gasteiger partial charge is 0.402 e. The summed E-state index contributed by atoms with van der Waals surface area (Å²) < 4.78 is 14.5. The molecule has 0 radical (unpaired) electrons. The quantitative estimate of drug-likeness (QED) is 0.375. The monoisotopic (exact) mass is 80.0 g/mol. The molecule has 0 spiro atoms. The van der Waals surface area contributed by atoms with Gasteiger partial charge in [0.05, 0.1) is 0 Å². The lowest BCUT2D eigenvalue weighted by molar-refractivity contribution is 0.208. The second-order valence-corrected chi connectivity index (χ2v) is 0.975. The van der Waals surface area contributed by atoms with E-state index in [1.165, 1.54) is 0 Å². The van der Waals surface area contributed by atoms with E-state index in [0.29, 0.717) is 10.5 Å². The maximum Gasteiger partial charge on any atom is 0.178 e. The molecule has 0 unspecified atom stereocenters. The van der Waals surface area contributed by atoms with Crippen molar-refractivity contribution >= 4 is 10.5 Å². The van der Waals surface area contributed by atoms with Crippen LogP contribution in [-0.2, 0) is 4.43 Å². The fourth-order valence-electron chi connectivity index (χ4n) is 0. The lowest BCUT2D eigenvalue weighted by Gasteiger charge is -1.73. The molecule has 3 heteroatoms. The summed E-state index contributed by atoms with van der Waals surface area (Å²) in [5.41, 5.74) is 0. The molecule has 0 saturated heterocycles. The van der Waals surface area contributed by atoms with Crippen LogP contribution in [0.4, 0.5) is 4.39 Å². The van der Waals surface area contributed by atoms with E-state index in [9.17, 15) is 4.39 Å². The average molecular weight is 80.1 g/mol. The fourth-order valence-corrected chi connectivity index (χ4v) is 0. The molecule has 0 fully saturated rings. The van der Waals surface area contributed by atoms with Gasteiger partial charge in [0, 0.05) is 0 Å². The van der Waals surface area contributed by atoms with Crippen molar-refractivity contribution < 1.29 is 8.82 Å². The van der Waals surface area contributed by atoms with Gasteiger partial charge in [-0.1, -0.05) is 0 Å². The second kappa shape index (κ2) is 3.11. The highest BCUT2D eigenvalue weighted by atomic mass is 28.2. The molecule has 0 bridgehead atoms. The van der Waals surface area contributed by atoms with Crippen LogP contribution >= 0.6 is 0 Å². The Labute approximate surface area is 27.3 Å². The smallest absolute Gasteiger partial charge is 0.178 e. The first-order valence-corrected chi connectivity index (χ1v) is 1.78. The minimum atomic E-state index is -0.619. The predicted octanol–water partition coefficient (Wildman–Crippen LogP) is -0.790. The Kier molecular flexibility index (Phi) is 3.19. The predicted molar refractivity (Wildman–Crippen MR) is 17.0 cm³/mol. The Morgan fingerprint density at radius 3 is 2.25 bits per heavy atom. The molecule has 0 aliphatic rings. The highest BCUT2D eigenvalue weighted by molar-refractivity contribution is 5.97. The van der Waals surface area contributed by atoms with Crippen molar-refractivity contribution in [1.29, 1.82) is 0 Å². The Hall–Kier alpha value is 0.107. The third-order valence-electron chi connectivity index (χ3n) is 0.109. The van der Waals surface area contributed by atoms with Crippen LogP contribution in [0.5, 0.6) is 0 Å². The maximum absolute atomic E-state index is 10.5. The van der Waals surface area contributed by atoms with Crippen LogP contribution in [-0.4, -0.2) is 17.3 Å². The van der Waals surface area contributed by atoms with Crippen molar-refractivity contribution in [3.8, 4) is 0 Å². The highest BCUT2D eigenvalue weighted by Gasteiger charge is 1.55. The van der Waals surface area contributed by atoms with Crippen LogP contribution in [0.25, 0.3) is 0 Å². The van der Waals surface area contributed by atoms with Crippen molar-refractivity contribution in [3.63, 3.8) is 0 Å². The van der Waals surface area contributed by atoms with Gasteiger partial charge < -0.3 is 4.43 Å². The van der Waals surface area contributed by atoms with Crippen LogP contribution in [0.15, 0.2) is 0 Å². The third-order valence-corrected chi connectivity index (χ3v) is 0.327. The Bertz CT molecular complexity index is 10.0. The van der Waals surface area contributed by atoms with E-state index in [2.05, 4.69) is 4.43 Å². The fraction of sp³-hybridized carbons (Fsp3) is 1.00. The van der Waals surface area contributed by atoms with Crippen LogP contribution in [0.3, 0.4) is 0 Å². The Morgan fingerprint density at radius 2 is 2.25 bits per heavy atom. The molecule has 0 aromatic heterocycles. The van der Waals surface area contributed by atoms with E-state index in [-0.39, 0.29) is 0 Å². The molecule has 0 aromatic rings. The molecular formula is CH5FOSi. The molecule has 0 amide bonds. The van der Waals surface area contributed by atoms with Gasteiger partial charge in [-0.25, -0.2) is 4.39 Å². The molecule has 0 aromatic carbocycles. The lowest BCUT2D eigenvalue weighted by atomic mass is 11.6. The average Bonchev–Trinajstić information content (AvgIpc) is 1.37. The van der Waals surface area contributed by atoms with Crippen LogP contribution in [0.1, 0.15) is 0 Å². The molecule has 0 heterocycles. The standard InChI is InChI=1S/CH5FOSi/c2-1-3-4/h1H2,4H3. The lowest BCUT2D eigenvalue weighted by Crippen LogP contribution is -1.74. The molecule has 4 heavy (non-hydrogen) atoms. The summed E-state index contributed by atoms with van der Waals surface area (Å²) in [4.78, 5) is 0. The third kappa shape index (κ3) is 2.11. The minimum absolute atomic E-state index is 0.515. The summed E-state index contributed by atoms with van der Waals surface area (Å²) in [5.74, 6) is 0. The zero-order valence-electron chi connectivity index (χ0n) is 2.49. The van der Waals surface area contributed by atoms with Gasteiger partial charge in [0.2, 0.25) is 0 Å². The summed E-state index contributed by atoms with van der Waals surface area (Å²) in [6, 6.07) is 0. The second-order valence-electron chi connectivity index (χ2n) is 0.398. The molecule has 0 rings (SSSR count). The molecule has 26 valence electrons. The maximum atomic E-state index is 10.5. The first kappa shape index (κ1) is 4.11. The molecular weight excluding hydrogens is 75.1 g/mol. The Morgan fingerprint density at radius 1 is 2.00 bits per heavy atom. The van der Waals surface area contributed by atoms with E-state index in [1.807, 2.05) is 0 Å². The number of hydrogen-bond donors (Lipinski definition) is 0. The van der Waals surface area contributed by atoms with Crippen molar-refractivity contribution in [1.82, 2.24) is 0 Å². The Balaban J connectivity index is 1.97. The summed E-state index contributed by atoms with van der Waals surface area (Å²) in [6.07, 6.45) is 0. The number of halogens is 1. The van der Waals surface area contributed by atoms with Crippen molar-refractivity contribution in [3.05, 3.63) is 0 Å². The van der Waals surface area contributed by atoms with Gasteiger partial charge in [-0.05, 0) is 0 Å². The molecule has 0 saturated carbocycles. The van der Waals surface area contributed by atoms with E-state index in [1.54, 1.807) is 0 Å². The van der Waals surface area contributed by atoms with Crippen LogP contribution < -0.4 is 0 Å². The zero-order valence-corrected chi connectivity index (χ0v) is 4.49. The van der Waals surface area contributed by atoms with E-state index >= 15 is 0 Å². The van der Waals surface area contributed by atoms with Gasteiger partial charge in [-0.2, -0.15) is 0 Å². The van der Waals surface area contributed by atoms with Crippen molar-refractivity contribution in [2.24, 2.45) is 0 Å². The molecule has 1 nitrogen and oxygen atoms in total. The zero-order chi connectivity index (χ0) is 3.41. The summed E-state index contributed by atoms with van der Waals surface area (Å²) in [6.45, 7) is -0.619. The molecule has 0 aliphatic heterocycles. The highest BCUT2D eigenvalue weighted by Crippen LogP contribution is 1.57. The normalized spacial score (nSPS) is 8.25. The molecule has 0 N–H and O–H groups in total. The van der Waals surface area contributed by atoms with E-state index in [0.717, 1.165) is 0 Å². The number of alkyl halides is 1. The van der Waals surface area contributed by atoms with Gasteiger partial charge in [-0.3, -0.25) is 0 Å². The first-order valence-electron chi connectivity index (χ1n) is 0.964. The van der Waals surface area contributed by atoms with Gasteiger partial charge in [0.1, 0.15) is 10.5 Å². The minimum Gasteiger partial charge on any atom is -0.402 e. The molecule has 0 aliphatic carbocycles. The van der Waals surface area contributed by atoms with Crippen LogP contribution in [0.2, 0.25) is 0 Å². The summed E-state index contributed by atoms with van der Waals surface area (Å²) in [5, 5.41) is 0. The summed E-state index contributed by atoms with van der Waals surface area (Å²) >= 11 is 0. The van der Waals surface area contributed by atoms with Crippen molar-refractivity contribution in [2.75, 3.05) is 6.86 Å². The van der Waals surface area contributed by atoms with Gasteiger partial charge in [0.25, 0.3) is 0 Å². The van der Waals surface area contributed by atoms with Gasteiger partial charge in [-0.15, -0.1) is 0 Å². The first-order chi connectivity index (χ1) is 1.91.